The Balaban J connectivity index is 2.13. The molecule has 0 unspecified atom stereocenters. The van der Waals surface area contributed by atoms with E-state index in [9.17, 15) is 13.2 Å². The van der Waals surface area contributed by atoms with E-state index < -0.39 is 11.7 Å². The summed E-state index contributed by atoms with van der Waals surface area (Å²) in [7, 11) is 0. The number of aromatic nitrogens is 2. The number of anilines is 1. The smallest absolute Gasteiger partial charge is 0.381 e. The lowest BCUT2D eigenvalue weighted by molar-refractivity contribution is -0.137. The Labute approximate surface area is 118 Å². The summed E-state index contributed by atoms with van der Waals surface area (Å²) in [6, 6.07) is 3.35. The molecule has 0 saturated carbocycles. The maximum Gasteiger partial charge on any atom is 0.416 e. The van der Waals surface area contributed by atoms with Crippen molar-refractivity contribution in [2.75, 3.05) is 5.32 Å². The molecule has 0 aliphatic heterocycles. The number of nitrogens with one attached hydrogen (secondary N) is 1. The minimum atomic E-state index is -4.42. The highest BCUT2D eigenvalue weighted by atomic mass is 35.5. The minimum absolute atomic E-state index is 0.0316. The Kier molecular flexibility index (Phi) is 4.04. The predicted molar refractivity (Wildman–Crippen MR) is 72.4 cm³/mol. The van der Waals surface area contributed by atoms with E-state index in [0.717, 1.165) is 17.7 Å². The monoisotopic (exact) mass is 301 g/mol. The van der Waals surface area contributed by atoms with E-state index in [1.165, 1.54) is 16.9 Å². The normalized spacial score (nSPS) is 11.4. The molecule has 0 bridgehead atoms. The van der Waals surface area contributed by atoms with Gasteiger partial charge >= 0.3 is 6.18 Å². The molecule has 2 aromatic rings. The topological polar surface area (TPSA) is 29.9 Å². The number of alkyl halides is 3. The van der Waals surface area contributed by atoms with Gasteiger partial charge in [0.25, 0.3) is 0 Å². The highest BCUT2D eigenvalue weighted by molar-refractivity contribution is 6.30. The largest absolute Gasteiger partial charge is 0.416 e. The van der Waals surface area contributed by atoms with Gasteiger partial charge in [-0.3, -0.25) is 0 Å². The molecule has 0 saturated heterocycles. The van der Waals surface area contributed by atoms with Gasteiger partial charge in [-0.2, -0.15) is 18.3 Å². The zero-order valence-corrected chi connectivity index (χ0v) is 11.0. The van der Waals surface area contributed by atoms with Gasteiger partial charge in [-0.1, -0.05) is 18.2 Å². The van der Waals surface area contributed by atoms with E-state index in [-0.39, 0.29) is 5.02 Å². The molecule has 0 fully saturated rings. The molecule has 106 valence electrons. The Morgan fingerprint density at radius 2 is 2.10 bits per heavy atom. The lowest BCUT2D eigenvalue weighted by Gasteiger charge is -2.11. The minimum Gasteiger partial charge on any atom is -0.381 e. The molecule has 7 heteroatoms. The van der Waals surface area contributed by atoms with Crippen LogP contribution in [-0.2, 0) is 12.7 Å². The molecule has 0 atom stereocenters. The third kappa shape index (κ3) is 3.54. The van der Waals surface area contributed by atoms with Crippen molar-refractivity contribution in [2.24, 2.45) is 0 Å². The molecular formula is C13H11ClF3N3. The summed E-state index contributed by atoms with van der Waals surface area (Å²) in [5.74, 6) is 0. The van der Waals surface area contributed by atoms with Crippen molar-refractivity contribution in [3.63, 3.8) is 0 Å². The molecule has 0 amide bonds. The van der Waals surface area contributed by atoms with E-state index in [2.05, 4.69) is 17.0 Å². The van der Waals surface area contributed by atoms with Crippen LogP contribution in [0, 0.1) is 0 Å². The van der Waals surface area contributed by atoms with Crippen molar-refractivity contribution in [2.45, 2.75) is 12.7 Å². The van der Waals surface area contributed by atoms with Crippen molar-refractivity contribution in [1.29, 1.82) is 0 Å². The van der Waals surface area contributed by atoms with Gasteiger partial charge in [0.2, 0.25) is 0 Å². The molecule has 2 rings (SSSR count). The Morgan fingerprint density at radius 1 is 1.35 bits per heavy atom. The highest BCUT2D eigenvalue weighted by Crippen LogP contribution is 2.33. The number of nitrogens with zero attached hydrogens (tertiary/aromatic N) is 2. The van der Waals surface area contributed by atoms with Crippen molar-refractivity contribution < 1.29 is 13.2 Å². The van der Waals surface area contributed by atoms with E-state index in [1.54, 1.807) is 12.4 Å². The summed E-state index contributed by atoms with van der Waals surface area (Å²) in [6.07, 6.45) is 0.415. The van der Waals surface area contributed by atoms with Crippen LogP contribution in [0.15, 0.2) is 37.2 Å². The number of hydrogen-bond acceptors (Lipinski definition) is 2. The molecule has 0 aliphatic carbocycles. The molecule has 0 radical (unpaired) electrons. The van der Waals surface area contributed by atoms with Crippen molar-refractivity contribution in [3.8, 4) is 0 Å². The summed E-state index contributed by atoms with van der Waals surface area (Å²) in [4.78, 5) is 0. The van der Waals surface area contributed by atoms with Crippen LogP contribution >= 0.6 is 11.6 Å². The van der Waals surface area contributed by atoms with Crippen LogP contribution in [0.2, 0.25) is 5.02 Å². The maximum atomic E-state index is 12.6. The zero-order chi connectivity index (χ0) is 14.8. The second-order valence-electron chi connectivity index (χ2n) is 4.09. The summed E-state index contributed by atoms with van der Waals surface area (Å²) in [6.45, 7) is 3.89. The molecule has 1 N–H and O–H groups in total. The van der Waals surface area contributed by atoms with Crippen LogP contribution in [0.4, 0.5) is 18.9 Å². The Hall–Kier alpha value is -1.95. The lowest BCUT2D eigenvalue weighted by atomic mass is 10.2. The maximum absolute atomic E-state index is 12.6. The summed E-state index contributed by atoms with van der Waals surface area (Å²) in [5, 5.41) is 6.89. The summed E-state index contributed by atoms with van der Waals surface area (Å²) < 4.78 is 39.5. The van der Waals surface area contributed by atoms with Gasteiger partial charge in [0.15, 0.2) is 0 Å². The van der Waals surface area contributed by atoms with Gasteiger partial charge in [0.1, 0.15) is 0 Å². The van der Waals surface area contributed by atoms with Gasteiger partial charge < -0.3 is 5.32 Å². The van der Waals surface area contributed by atoms with Crippen molar-refractivity contribution in [1.82, 2.24) is 9.78 Å². The average Bonchev–Trinajstić information content (AvgIpc) is 2.82. The second-order valence-corrected chi connectivity index (χ2v) is 4.53. The molecule has 3 nitrogen and oxygen atoms in total. The standard InChI is InChI=1S/C13H11ClF3N3/c1-2-20-8-9(7-19-20)6-18-12-4-10(13(15,16)17)3-11(14)5-12/h2-5,7-8,18H,1,6H2. The molecule has 1 aromatic heterocycles. The van der Waals surface area contributed by atoms with Crippen LogP contribution < -0.4 is 5.32 Å². The van der Waals surface area contributed by atoms with Gasteiger partial charge in [-0.15, -0.1) is 0 Å². The van der Waals surface area contributed by atoms with Crippen molar-refractivity contribution in [3.05, 3.63) is 53.3 Å². The fraction of sp³-hybridized carbons (Fsp3) is 0.154. The first-order valence-electron chi connectivity index (χ1n) is 5.66. The van der Waals surface area contributed by atoms with Crippen molar-refractivity contribution >= 4 is 23.5 Å². The number of benzene rings is 1. The molecular weight excluding hydrogens is 291 g/mol. The summed E-state index contributed by atoms with van der Waals surface area (Å²) >= 11 is 5.69. The van der Waals surface area contributed by atoms with Gasteiger partial charge in [-0.05, 0) is 18.2 Å². The average molecular weight is 302 g/mol. The Bertz CT molecular complexity index is 620. The van der Waals surface area contributed by atoms with E-state index in [4.69, 9.17) is 11.6 Å². The SMILES string of the molecule is C=Cn1cc(CNc2cc(Cl)cc(C(F)(F)F)c2)cn1. The molecule has 1 heterocycles. The van der Waals surface area contributed by atoms with Crippen LogP contribution in [0.3, 0.4) is 0 Å². The first-order valence-corrected chi connectivity index (χ1v) is 6.03. The lowest BCUT2D eigenvalue weighted by Crippen LogP contribution is -2.06. The first kappa shape index (κ1) is 14.5. The number of hydrogen-bond donors (Lipinski definition) is 1. The van der Waals surface area contributed by atoms with Crippen LogP contribution in [-0.4, -0.2) is 9.78 Å². The number of rotatable bonds is 4. The first-order chi connectivity index (χ1) is 9.38. The highest BCUT2D eigenvalue weighted by Gasteiger charge is 2.31. The number of halogens is 4. The zero-order valence-electron chi connectivity index (χ0n) is 10.3. The van der Waals surface area contributed by atoms with Gasteiger partial charge in [0, 0.05) is 35.2 Å². The third-order valence-corrected chi connectivity index (χ3v) is 2.78. The van der Waals surface area contributed by atoms with E-state index in [1.807, 2.05) is 0 Å². The quantitative estimate of drug-likeness (QED) is 0.914. The second kappa shape index (κ2) is 5.58. The fourth-order valence-electron chi connectivity index (χ4n) is 1.63. The molecule has 0 spiro atoms. The molecule has 20 heavy (non-hydrogen) atoms. The molecule has 0 aliphatic rings. The van der Waals surface area contributed by atoms with E-state index in [0.29, 0.717) is 12.2 Å². The fourth-order valence-corrected chi connectivity index (χ4v) is 1.86. The Morgan fingerprint density at radius 3 is 2.70 bits per heavy atom. The summed E-state index contributed by atoms with van der Waals surface area (Å²) in [5.41, 5.74) is 0.337. The van der Waals surface area contributed by atoms with Crippen LogP contribution in [0.25, 0.3) is 6.20 Å². The van der Waals surface area contributed by atoms with Gasteiger partial charge in [0.05, 0.1) is 11.8 Å². The predicted octanol–water partition coefficient (Wildman–Crippen LogP) is 4.27. The van der Waals surface area contributed by atoms with Crippen LogP contribution in [0.5, 0.6) is 0 Å². The third-order valence-electron chi connectivity index (χ3n) is 2.56. The van der Waals surface area contributed by atoms with Gasteiger partial charge in [-0.25, -0.2) is 4.68 Å². The van der Waals surface area contributed by atoms with E-state index >= 15 is 0 Å². The van der Waals surface area contributed by atoms with Crippen LogP contribution in [0.1, 0.15) is 11.1 Å². The molecule has 1 aromatic carbocycles.